The number of hydrogen-bond donors (Lipinski definition) is 2. The van der Waals surface area contributed by atoms with Crippen molar-refractivity contribution in [2.45, 2.75) is 32.4 Å². The number of aliphatic hydroxyl groups is 1. The van der Waals surface area contributed by atoms with Gasteiger partial charge < -0.3 is 20.1 Å². The highest BCUT2D eigenvalue weighted by atomic mass is 35.5. The first-order valence-electron chi connectivity index (χ1n) is 10.4. The molecule has 4 rings (SSSR count). The van der Waals surface area contributed by atoms with E-state index in [1.807, 2.05) is 37.3 Å². The molecule has 0 unspecified atom stereocenters. The van der Waals surface area contributed by atoms with Crippen molar-refractivity contribution in [3.8, 4) is 11.8 Å². The van der Waals surface area contributed by atoms with Crippen molar-refractivity contribution in [3.05, 3.63) is 52.5 Å². The van der Waals surface area contributed by atoms with Crippen LogP contribution in [0.3, 0.4) is 0 Å². The van der Waals surface area contributed by atoms with Crippen molar-refractivity contribution in [3.63, 3.8) is 0 Å². The van der Waals surface area contributed by atoms with Crippen LogP contribution >= 0.6 is 11.6 Å². The van der Waals surface area contributed by atoms with Gasteiger partial charge in [0, 0.05) is 30.4 Å². The van der Waals surface area contributed by atoms with Crippen molar-refractivity contribution < 1.29 is 9.84 Å². The number of nitrogens with zero attached hydrogens (tertiary/aromatic N) is 4. The smallest absolute Gasteiger partial charge is 0.159 e. The van der Waals surface area contributed by atoms with Gasteiger partial charge in [-0.05, 0) is 55.7 Å². The molecular formula is C23H24ClN5O2. The highest BCUT2D eigenvalue weighted by Gasteiger charge is 2.21. The molecule has 1 aromatic heterocycles. The number of piperidine rings is 1. The number of aromatic nitrogens is 2. The van der Waals surface area contributed by atoms with Crippen molar-refractivity contribution in [2.75, 3.05) is 29.9 Å². The molecule has 3 aromatic rings. The molecule has 0 aliphatic carbocycles. The number of hydrogen-bond acceptors (Lipinski definition) is 7. The first-order valence-corrected chi connectivity index (χ1v) is 10.8. The van der Waals surface area contributed by atoms with E-state index >= 15 is 0 Å². The molecule has 1 saturated heterocycles. The Morgan fingerprint density at radius 1 is 1.19 bits per heavy atom. The minimum Gasteiger partial charge on any atom is -0.492 e. The zero-order valence-corrected chi connectivity index (χ0v) is 18.1. The van der Waals surface area contributed by atoms with Gasteiger partial charge in [-0.2, -0.15) is 5.26 Å². The van der Waals surface area contributed by atoms with Crippen LogP contribution in [0, 0.1) is 11.3 Å². The maximum Gasteiger partial charge on any atom is 0.159 e. The number of halogens is 1. The summed E-state index contributed by atoms with van der Waals surface area (Å²) in [6, 6.07) is 13.4. The molecule has 0 atom stereocenters. The van der Waals surface area contributed by atoms with E-state index in [2.05, 4.69) is 26.5 Å². The van der Waals surface area contributed by atoms with Crippen LogP contribution in [0.4, 0.5) is 11.6 Å². The molecule has 160 valence electrons. The molecule has 31 heavy (non-hydrogen) atoms. The average Bonchev–Trinajstić information content (AvgIpc) is 2.79. The molecule has 1 aliphatic heterocycles. The molecule has 8 heteroatoms. The van der Waals surface area contributed by atoms with Crippen LogP contribution in [0.5, 0.6) is 5.75 Å². The van der Waals surface area contributed by atoms with E-state index in [-0.39, 0.29) is 6.10 Å². The van der Waals surface area contributed by atoms with Gasteiger partial charge in [-0.1, -0.05) is 17.7 Å². The summed E-state index contributed by atoms with van der Waals surface area (Å²) < 4.78 is 5.49. The zero-order valence-electron chi connectivity index (χ0n) is 17.3. The number of fused-ring (bicyclic) bond motifs is 1. The minimum atomic E-state index is -0.262. The lowest BCUT2D eigenvalue weighted by molar-refractivity contribution is 0.145. The van der Waals surface area contributed by atoms with Gasteiger partial charge in [0.25, 0.3) is 0 Å². The molecule has 1 fully saturated rings. The minimum absolute atomic E-state index is 0.262. The summed E-state index contributed by atoms with van der Waals surface area (Å²) in [6.07, 6.45) is 1.15. The number of ether oxygens (including phenoxy) is 1. The first kappa shape index (κ1) is 21.2. The fraction of sp³-hybridized carbons (Fsp3) is 0.348. The molecule has 0 radical (unpaired) electrons. The van der Waals surface area contributed by atoms with Crippen LogP contribution < -0.4 is 15.0 Å². The number of benzene rings is 2. The average molecular weight is 438 g/mol. The van der Waals surface area contributed by atoms with E-state index in [4.69, 9.17) is 16.3 Å². The van der Waals surface area contributed by atoms with Crippen molar-refractivity contribution >= 4 is 34.0 Å². The highest BCUT2D eigenvalue weighted by molar-refractivity contribution is 6.32. The lowest BCUT2D eigenvalue weighted by atomic mass is 10.1. The summed E-state index contributed by atoms with van der Waals surface area (Å²) in [5.74, 6) is 2.05. The van der Waals surface area contributed by atoms with Crippen molar-refractivity contribution in [2.24, 2.45) is 0 Å². The van der Waals surface area contributed by atoms with E-state index in [9.17, 15) is 10.4 Å². The van der Waals surface area contributed by atoms with Crippen molar-refractivity contribution in [1.29, 1.82) is 5.26 Å². The van der Waals surface area contributed by atoms with E-state index < -0.39 is 0 Å². The fourth-order valence-corrected chi connectivity index (χ4v) is 4.02. The number of aliphatic hydroxyl groups excluding tert-OH is 1. The topological polar surface area (TPSA) is 94.3 Å². The van der Waals surface area contributed by atoms with Gasteiger partial charge in [-0.15, -0.1) is 10.2 Å². The number of nitrogens with one attached hydrogen (secondary N) is 1. The quantitative estimate of drug-likeness (QED) is 0.598. The molecule has 1 aliphatic rings. The van der Waals surface area contributed by atoms with Crippen LogP contribution in [0.15, 0.2) is 36.4 Å². The first-order chi connectivity index (χ1) is 15.1. The van der Waals surface area contributed by atoms with Gasteiger partial charge in [0.1, 0.15) is 5.75 Å². The molecule has 0 saturated carbocycles. The summed E-state index contributed by atoms with van der Waals surface area (Å²) in [6.45, 7) is 4.43. The Labute approximate surface area is 186 Å². The van der Waals surface area contributed by atoms with E-state index in [0.29, 0.717) is 48.1 Å². The van der Waals surface area contributed by atoms with Gasteiger partial charge in [-0.3, -0.25) is 0 Å². The maximum absolute atomic E-state index is 9.82. The van der Waals surface area contributed by atoms with Gasteiger partial charge in [0.15, 0.2) is 11.6 Å². The highest BCUT2D eigenvalue weighted by Crippen LogP contribution is 2.32. The number of rotatable bonds is 6. The van der Waals surface area contributed by atoms with Crippen LogP contribution in [0.1, 0.15) is 30.9 Å². The summed E-state index contributed by atoms with van der Waals surface area (Å²) >= 11 is 6.30. The second-order valence-electron chi connectivity index (χ2n) is 7.51. The Hall–Kier alpha value is -3.08. The summed E-state index contributed by atoms with van der Waals surface area (Å²) in [4.78, 5) is 2.14. The van der Waals surface area contributed by atoms with Crippen LogP contribution in [0.25, 0.3) is 10.8 Å². The Morgan fingerprint density at radius 2 is 2.00 bits per heavy atom. The Bertz CT molecular complexity index is 1120. The molecule has 2 aromatic carbocycles. The third-order valence-corrected chi connectivity index (χ3v) is 5.70. The molecule has 2 N–H and O–H groups in total. The standard InChI is InChI=1S/C23H24ClN5O2/c1-2-31-21-6-4-16(12-20(21)24)14-26-22-19-11-15(13-25)3-5-18(19)23(28-27-22)29-9-7-17(30)8-10-29/h3-6,11-12,17,30H,2,7-10,14H2,1H3,(H,26,27). The number of nitriles is 1. The van der Waals surface area contributed by atoms with Gasteiger partial charge >= 0.3 is 0 Å². The molecule has 2 heterocycles. The third-order valence-electron chi connectivity index (χ3n) is 5.41. The lowest BCUT2D eigenvalue weighted by Gasteiger charge is -2.31. The van der Waals surface area contributed by atoms with Gasteiger partial charge in [0.2, 0.25) is 0 Å². The lowest BCUT2D eigenvalue weighted by Crippen LogP contribution is -2.36. The van der Waals surface area contributed by atoms with Crippen LogP contribution in [0.2, 0.25) is 5.02 Å². The maximum atomic E-state index is 9.82. The molecule has 7 nitrogen and oxygen atoms in total. The molecule has 0 bridgehead atoms. The normalized spacial score (nSPS) is 14.5. The Morgan fingerprint density at radius 3 is 2.71 bits per heavy atom. The van der Waals surface area contributed by atoms with Gasteiger partial charge in [-0.25, -0.2) is 0 Å². The van der Waals surface area contributed by atoms with E-state index in [1.54, 1.807) is 6.07 Å². The Balaban J connectivity index is 1.62. The zero-order chi connectivity index (χ0) is 21.8. The predicted octanol–water partition coefficient (Wildman–Crippen LogP) is 4.13. The summed E-state index contributed by atoms with van der Waals surface area (Å²) in [5.41, 5.74) is 1.54. The molecular weight excluding hydrogens is 414 g/mol. The van der Waals surface area contributed by atoms with Crippen molar-refractivity contribution in [1.82, 2.24) is 10.2 Å². The number of anilines is 2. The fourth-order valence-electron chi connectivity index (χ4n) is 3.76. The largest absolute Gasteiger partial charge is 0.492 e. The second-order valence-corrected chi connectivity index (χ2v) is 7.92. The molecule has 0 amide bonds. The van der Waals surface area contributed by atoms with E-state index in [0.717, 1.165) is 35.2 Å². The van der Waals surface area contributed by atoms with Crippen LogP contribution in [-0.4, -0.2) is 41.1 Å². The Kier molecular flexibility index (Phi) is 6.40. The monoisotopic (exact) mass is 437 g/mol. The third kappa shape index (κ3) is 4.66. The predicted molar refractivity (Wildman–Crippen MR) is 122 cm³/mol. The summed E-state index contributed by atoms with van der Waals surface area (Å²) in [5, 5.41) is 33.8. The van der Waals surface area contributed by atoms with E-state index in [1.165, 1.54) is 0 Å². The SMILES string of the molecule is CCOc1ccc(CNc2nnc(N3CCC(O)CC3)c3ccc(C#N)cc23)cc1Cl. The van der Waals surface area contributed by atoms with Crippen LogP contribution in [-0.2, 0) is 6.54 Å². The second kappa shape index (κ2) is 9.38. The molecule has 0 spiro atoms. The summed E-state index contributed by atoms with van der Waals surface area (Å²) in [7, 11) is 0. The van der Waals surface area contributed by atoms with Gasteiger partial charge in [0.05, 0.1) is 29.4 Å².